The van der Waals surface area contributed by atoms with E-state index in [1.807, 2.05) is 53.1 Å². The molecule has 200 valence electrons. The molecule has 4 rings (SSSR count). The molecule has 0 aliphatic carbocycles. The Morgan fingerprint density at radius 1 is 0.974 bits per heavy atom. The van der Waals surface area contributed by atoms with Gasteiger partial charge < -0.3 is 19.3 Å². The zero-order valence-corrected chi connectivity index (χ0v) is 21.9. The molecule has 0 aliphatic heterocycles. The summed E-state index contributed by atoms with van der Waals surface area (Å²) in [4.78, 5) is 23.3. The summed E-state index contributed by atoms with van der Waals surface area (Å²) in [6.45, 7) is -0.485. The van der Waals surface area contributed by atoms with Gasteiger partial charge in [-0.1, -0.05) is 23.9 Å². The number of carboxylic acids is 1. The van der Waals surface area contributed by atoms with E-state index in [1.165, 1.54) is 18.0 Å². The summed E-state index contributed by atoms with van der Waals surface area (Å²) in [5, 5.41) is 22.0. The van der Waals surface area contributed by atoms with Crippen molar-refractivity contribution in [3.8, 4) is 34.3 Å². The molecule has 0 bridgehead atoms. The zero-order chi connectivity index (χ0) is 27.6. The molecule has 0 radical (unpaired) electrons. The third-order valence-electron chi connectivity index (χ3n) is 5.31. The van der Waals surface area contributed by atoms with Crippen LogP contribution in [0.25, 0.3) is 17.1 Å². The molecule has 0 fully saturated rings. The topological polar surface area (TPSA) is 137 Å². The molecule has 12 heteroatoms. The van der Waals surface area contributed by atoms with Crippen LogP contribution in [0.4, 0.5) is 0 Å². The van der Waals surface area contributed by atoms with Gasteiger partial charge in [-0.25, -0.2) is 10.2 Å². The number of carbonyl (C=O) groups is 2. The van der Waals surface area contributed by atoms with Crippen molar-refractivity contribution < 1.29 is 28.9 Å². The SMILES string of the molecule is COc1ccc(-c2nnc(SCC(=O)N/N=C\c3ccccc3OCC(=O)O)n2-c2ccc(OC)cc2)cc1. The molecule has 1 aromatic heterocycles. The number of nitrogens with zero attached hydrogens (tertiary/aromatic N) is 4. The van der Waals surface area contributed by atoms with Crippen LogP contribution in [-0.2, 0) is 9.59 Å². The summed E-state index contributed by atoms with van der Waals surface area (Å²) in [6.07, 6.45) is 1.39. The average molecular weight is 548 g/mol. The van der Waals surface area contributed by atoms with Crippen LogP contribution in [0.15, 0.2) is 83.1 Å². The van der Waals surface area contributed by atoms with Crippen LogP contribution < -0.4 is 19.6 Å². The summed E-state index contributed by atoms with van der Waals surface area (Å²) in [6, 6.07) is 21.7. The van der Waals surface area contributed by atoms with Crippen molar-refractivity contribution in [2.24, 2.45) is 5.10 Å². The average Bonchev–Trinajstić information content (AvgIpc) is 3.39. The fraction of sp³-hybridized carbons (Fsp3) is 0.148. The highest BCUT2D eigenvalue weighted by Gasteiger charge is 2.18. The van der Waals surface area contributed by atoms with Gasteiger partial charge in [-0.05, 0) is 60.7 Å². The molecular formula is C27H25N5O6S. The fourth-order valence-electron chi connectivity index (χ4n) is 3.45. The number of aromatic nitrogens is 3. The predicted octanol–water partition coefficient (Wildman–Crippen LogP) is 3.66. The van der Waals surface area contributed by atoms with Crippen LogP contribution in [0.5, 0.6) is 17.2 Å². The lowest BCUT2D eigenvalue weighted by Gasteiger charge is -2.11. The van der Waals surface area contributed by atoms with Crippen molar-refractivity contribution in [1.82, 2.24) is 20.2 Å². The molecule has 39 heavy (non-hydrogen) atoms. The predicted molar refractivity (Wildman–Crippen MR) is 146 cm³/mol. The van der Waals surface area contributed by atoms with Crippen LogP contribution >= 0.6 is 11.8 Å². The molecule has 4 aromatic rings. The molecule has 0 aliphatic rings. The maximum absolute atomic E-state index is 12.5. The molecule has 2 N–H and O–H groups in total. The minimum absolute atomic E-state index is 0.0192. The fourth-order valence-corrected chi connectivity index (χ4v) is 4.19. The Hall–Kier alpha value is -4.84. The number of aliphatic carboxylic acids is 1. The van der Waals surface area contributed by atoms with Gasteiger partial charge in [0.2, 0.25) is 0 Å². The number of carbonyl (C=O) groups excluding carboxylic acids is 1. The van der Waals surface area contributed by atoms with Crippen molar-refractivity contribution in [3.05, 3.63) is 78.4 Å². The summed E-state index contributed by atoms with van der Waals surface area (Å²) in [7, 11) is 3.20. The monoisotopic (exact) mass is 547 g/mol. The first-order chi connectivity index (χ1) is 19.0. The van der Waals surface area contributed by atoms with Crippen LogP contribution in [-0.4, -0.2) is 64.5 Å². The molecule has 0 unspecified atom stereocenters. The molecule has 0 spiro atoms. The number of nitrogens with one attached hydrogen (secondary N) is 1. The van der Waals surface area contributed by atoms with Gasteiger partial charge in [-0.15, -0.1) is 10.2 Å². The minimum Gasteiger partial charge on any atom is -0.497 e. The molecule has 1 amide bonds. The number of methoxy groups -OCH3 is 2. The largest absolute Gasteiger partial charge is 0.497 e. The molecule has 0 saturated heterocycles. The van der Waals surface area contributed by atoms with E-state index >= 15 is 0 Å². The highest BCUT2D eigenvalue weighted by molar-refractivity contribution is 7.99. The Morgan fingerprint density at radius 2 is 1.64 bits per heavy atom. The van der Waals surface area contributed by atoms with E-state index in [1.54, 1.807) is 38.5 Å². The van der Waals surface area contributed by atoms with Crippen molar-refractivity contribution in [3.63, 3.8) is 0 Å². The van der Waals surface area contributed by atoms with Gasteiger partial charge in [0.25, 0.3) is 5.91 Å². The standard InChI is InChI=1S/C27H25N5O6S/c1-36-21-11-7-18(8-12-21)26-30-31-27(32(26)20-9-13-22(37-2)14-10-20)39-17-24(33)29-28-15-19-5-3-4-6-23(19)38-16-25(34)35/h3-15H,16-17H2,1-2H3,(H,29,33)(H,34,35)/b28-15-. The van der Waals surface area contributed by atoms with Crippen molar-refractivity contribution in [2.75, 3.05) is 26.6 Å². The first kappa shape index (κ1) is 27.2. The second kappa shape index (κ2) is 13.1. The van der Waals surface area contributed by atoms with Gasteiger partial charge in [0, 0.05) is 16.8 Å². The van der Waals surface area contributed by atoms with Gasteiger partial charge in [0.05, 0.1) is 26.2 Å². The molecule has 0 atom stereocenters. The Bertz CT molecular complexity index is 1450. The molecule has 3 aromatic carbocycles. The molecule has 1 heterocycles. The lowest BCUT2D eigenvalue weighted by Crippen LogP contribution is -2.20. The lowest BCUT2D eigenvalue weighted by atomic mass is 10.2. The van der Waals surface area contributed by atoms with Gasteiger partial charge in [-0.3, -0.25) is 9.36 Å². The zero-order valence-electron chi connectivity index (χ0n) is 21.1. The summed E-state index contributed by atoms with van der Waals surface area (Å²) in [5.41, 5.74) is 4.61. The Labute approximate surface area is 228 Å². The number of carboxylic acid groups (broad SMARTS) is 1. The van der Waals surface area contributed by atoms with Crippen LogP contribution in [0.1, 0.15) is 5.56 Å². The van der Waals surface area contributed by atoms with Crippen LogP contribution in [0.3, 0.4) is 0 Å². The number of hydrogen-bond acceptors (Lipinski definition) is 9. The Balaban J connectivity index is 1.48. The number of hydrogen-bond donors (Lipinski definition) is 2. The van der Waals surface area contributed by atoms with E-state index < -0.39 is 12.6 Å². The van der Waals surface area contributed by atoms with E-state index in [2.05, 4.69) is 20.7 Å². The second-order valence-electron chi connectivity index (χ2n) is 7.87. The lowest BCUT2D eigenvalue weighted by molar-refractivity contribution is -0.139. The van der Waals surface area contributed by atoms with E-state index in [4.69, 9.17) is 19.3 Å². The number of hydrazone groups is 1. The van der Waals surface area contributed by atoms with E-state index in [0.717, 1.165) is 17.0 Å². The smallest absolute Gasteiger partial charge is 0.341 e. The summed E-state index contributed by atoms with van der Waals surface area (Å²) in [5.74, 6) is 0.926. The summed E-state index contributed by atoms with van der Waals surface area (Å²) < 4.78 is 17.6. The number of para-hydroxylation sites is 1. The highest BCUT2D eigenvalue weighted by Crippen LogP contribution is 2.29. The van der Waals surface area contributed by atoms with Crippen molar-refractivity contribution in [2.45, 2.75) is 5.16 Å². The number of thioether (sulfide) groups is 1. The highest BCUT2D eigenvalue weighted by atomic mass is 32.2. The Kier molecular flexibility index (Phi) is 9.14. The minimum atomic E-state index is -1.09. The van der Waals surface area contributed by atoms with E-state index in [0.29, 0.717) is 28.0 Å². The second-order valence-corrected chi connectivity index (χ2v) is 8.81. The van der Waals surface area contributed by atoms with Gasteiger partial charge in [-0.2, -0.15) is 5.10 Å². The normalized spacial score (nSPS) is 10.8. The quantitative estimate of drug-likeness (QED) is 0.155. The maximum atomic E-state index is 12.5. The molecule has 11 nitrogen and oxygen atoms in total. The number of ether oxygens (including phenoxy) is 3. The van der Waals surface area contributed by atoms with Gasteiger partial charge in [0.1, 0.15) is 17.2 Å². The van der Waals surface area contributed by atoms with Gasteiger partial charge >= 0.3 is 5.97 Å². The molecular weight excluding hydrogens is 522 g/mol. The first-order valence-corrected chi connectivity index (χ1v) is 12.6. The maximum Gasteiger partial charge on any atom is 0.341 e. The Morgan fingerprint density at radius 3 is 2.31 bits per heavy atom. The molecule has 0 saturated carbocycles. The third kappa shape index (κ3) is 7.14. The van der Waals surface area contributed by atoms with Crippen molar-refractivity contribution >= 4 is 29.9 Å². The summed E-state index contributed by atoms with van der Waals surface area (Å²) >= 11 is 1.20. The number of rotatable bonds is 12. The van der Waals surface area contributed by atoms with E-state index in [-0.39, 0.29) is 11.7 Å². The number of benzene rings is 3. The van der Waals surface area contributed by atoms with E-state index in [9.17, 15) is 9.59 Å². The van der Waals surface area contributed by atoms with Crippen molar-refractivity contribution in [1.29, 1.82) is 0 Å². The number of amides is 1. The first-order valence-electron chi connectivity index (χ1n) is 11.6. The third-order valence-corrected chi connectivity index (χ3v) is 6.24. The van der Waals surface area contributed by atoms with Crippen LogP contribution in [0.2, 0.25) is 0 Å². The van der Waals surface area contributed by atoms with Gasteiger partial charge in [0.15, 0.2) is 17.6 Å². The van der Waals surface area contributed by atoms with Crippen LogP contribution in [0, 0.1) is 0 Å².